The van der Waals surface area contributed by atoms with Gasteiger partial charge in [0.15, 0.2) is 12.5 Å². The molecule has 2 N–H and O–H groups in total. The minimum absolute atomic E-state index is 0.0175. The van der Waals surface area contributed by atoms with E-state index in [9.17, 15) is 9.59 Å². The lowest BCUT2D eigenvalue weighted by molar-refractivity contribution is -0.761. The van der Waals surface area contributed by atoms with E-state index in [1.165, 1.54) is 6.92 Å². The molecule has 198 valence electrons. The van der Waals surface area contributed by atoms with Gasteiger partial charge in [-0.1, -0.05) is 31.9 Å². The van der Waals surface area contributed by atoms with Gasteiger partial charge in [-0.2, -0.15) is 4.68 Å². The van der Waals surface area contributed by atoms with E-state index >= 15 is 0 Å². The molecule has 0 bridgehead atoms. The quantitative estimate of drug-likeness (QED) is 0.181. The van der Waals surface area contributed by atoms with Crippen LogP contribution < -0.4 is 14.3 Å². The van der Waals surface area contributed by atoms with Gasteiger partial charge in [-0.15, -0.1) is 0 Å². The van der Waals surface area contributed by atoms with Gasteiger partial charge in [0.05, 0.1) is 0 Å². The molecule has 0 saturated carbocycles. The first-order chi connectivity index (χ1) is 17.2. The normalized spacial score (nSPS) is 23.8. The molecule has 1 fully saturated rings. The van der Waals surface area contributed by atoms with Gasteiger partial charge in [-0.3, -0.25) is 9.59 Å². The molecule has 2 aromatic rings. The maximum absolute atomic E-state index is 11.9. The van der Waals surface area contributed by atoms with Crippen LogP contribution in [0.25, 0.3) is 11.3 Å². The molecule has 1 aliphatic rings. The number of carbonyl (C=O) groups excluding carboxylic acids is 2. The molecular formula is C25H38N5O5S+. The SMILES string of the molecule is CC(=O)O[C@H]1C(C[n+]2cc(-c3ccc(N(C)C)cc3)n[nH]2)OC(OCCCCC(=O)NS)C(C)[C@H]1C. The third-order valence-corrected chi connectivity index (χ3v) is 6.84. The van der Waals surface area contributed by atoms with Crippen LogP contribution >= 0.6 is 12.8 Å². The summed E-state index contributed by atoms with van der Waals surface area (Å²) in [5, 5.41) is 7.48. The average Bonchev–Trinajstić information content (AvgIpc) is 3.32. The summed E-state index contributed by atoms with van der Waals surface area (Å²) in [7, 11) is 4.00. The number of carbonyl (C=O) groups is 2. The van der Waals surface area contributed by atoms with Gasteiger partial charge >= 0.3 is 5.97 Å². The number of hydrogen-bond acceptors (Lipinski definition) is 8. The van der Waals surface area contributed by atoms with Crippen LogP contribution in [0.1, 0.15) is 40.0 Å². The Balaban J connectivity index is 1.67. The number of aromatic amines is 1. The van der Waals surface area contributed by atoms with Crippen LogP contribution in [-0.4, -0.2) is 61.4 Å². The first-order valence-corrected chi connectivity index (χ1v) is 12.7. The van der Waals surface area contributed by atoms with E-state index in [1.807, 2.05) is 61.1 Å². The molecule has 3 rings (SSSR count). The lowest BCUT2D eigenvalue weighted by Gasteiger charge is -2.43. The molecular weight excluding hydrogens is 482 g/mol. The van der Waals surface area contributed by atoms with E-state index < -0.39 is 18.5 Å². The average molecular weight is 521 g/mol. The number of benzene rings is 1. The molecule has 0 aliphatic carbocycles. The van der Waals surface area contributed by atoms with E-state index in [4.69, 9.17) is 14.2 Å². The van der Waals surface area contributed by atoms with E-state index in [-0.39, 0.29) is 23.7 Å². The van der Waals surface area contributed by atoms with E-state index in [0.717, 1.165) is 23.4 Å². The molecule has 1 aliphatic heterocycles. The smallest absolute Gasteiger partial charge is 0.303 e. The molecule has 2 heterocycles. The molecule has 0 radical (unpaired) electrons. The van der Waals surface area contributed by atoms with E-state index in [2.05, 4.69) is 34.8 Å². The summed E-state index contributed by atoms with van der Waals surface area (Å²) >= 11 is 3.76. The Morgan fingerprint density at radius 3 is 2.56 bits per heavy atom. The molecule has 1 aromatic carbocycles. The van der Waals surface area contributed by atoms with Gasteiger partial charge in [0, 0.05) is 62.2 Å². The van der Waals surface area contributed by atoms with Gasteiger partial charge in [-0.25, -0.2) is 0 Å². The number of amides is 1. The molecule has 3 unspecified atom stereocenters. The monoisotopic (exact) mass is 520 g/mol. The third-order valence-electron chi connectivity index (χ3n) is 6.59. The summed E-state index contributed by atoms with van der Waals surface area (Å²) < 4.78 is 22.2. The summed E-state index contributed by atoms with van der Waals surface area (Å²) in [6.07, 6.45) is 2.46. The molecule has 36 heavy (non-hydrogen) atoms. The number of ether oxygens (including phenoxy) is 3. The van der Waals surface area contributed by atoms with Crippen molar-refractivity contribution in [3.8, 4) is 11.3 Å². The van der Waals surface area contributed by atoms with Crippen LogP contribution in [0.2, 0.25) is 0 Å². The van der Waals surface area contributed by atoms with Gasteiger partial charge < -0.3 is 23.8 Å². The van der Waals surface area contributed by atoms with E-state index in [0.29, 0.717) is 26.0 Å². The Morgan fingerprint density at radius 1 is 1.19 bits per heavy atom. The fourth-order valence-corrected chi connectivity index (χ4v) is 4.41. The second kappa shape index (κ2) is 13.1. The minimum Gasteiger partial charge on any atom is -0.459 e. The largest absolute Gasteiger partial charge is 0.459 e. The van der Waals surface area contributed by atoms with Crippen molar-refractivity contribution in [2.24, 2.45) is 11.8 Å². The Hall–Kier alpha value is -2.63. The van der Waals surface area contributed by atoms with Crippen LogP contribution in [0.3, 0.4) is 0 Å². The topological polar surface area (TPSA) is 110 Å². The number of nitrogens with zero attached hydrogens (tertiary/aromatic N) is 3. The molecule has 1 saturated heterocycles. The van der Waals surface area contributed by atoms with Crippen molar-refractivity contribution in [1.29, 1.82) is 0 Å². The standard InChI is InChI=1S/C25H37N5O5S/c1-16-17(2)25(33-13-7-6-8-23(32)27-36)35-22(24(16)34-18(3)31)15-30-14-21(26-28-30)19-9-11-20(12-10-19)29(4)5/h9-12,14,16-17,22,24-25H,6-8,13,15H2,1-5H3,(H2,26,27,28,32,36)/p+1/t16-,17?,22?,24-,25?/m1/s1. The number of anilines is 1. The van der Waals surface area contributed by atoms with Crippen LogP contribution in [0.4, 0.5) is 5.69 Å². The summed E-state index contributed by atoms with van der Waals surface area (Å²) in [6, 6.07) is 8.15. The summed E-state index contributed by atoms with van der Waals surface area (Å²) in [6.45, 7) is 6.39. The summed E-state index contributed by atoms with van der Waals surface area (Å²) in [4.78, 5) is 25.2. The molecule has 1 amide bonds. The highest BCUT2D eigenvalue weighted by atomic mass is 32.1. The number of rotatable bonds is 11. The highest BCUT2D eigenvalue weighted by Gasteiger charge is 2.45. The van der Waals surface area contributed by atoms with Crippen molar-refractivity contribution < 1.29 is 28.5 Å². The van der Waals surface area contributed by atoms with Crippen molar-refractivity contribution in [3.05, 3.63) is 30.5 Å². The number of hydrogen-bond donors (Lipinski definition) is 3. The highest BCUT2D eigenvalue weighted by Crippen LogP contribution is 2.34. The predicted octanol–water partition coefficient (Wildman–Crippen LogP) is 2.51. The number of H-pyrrole nitrogens is 1. The maximum Gasteiger partial charge on any atom is 0.303 e. The van der Waals surface area contributed by atoms with Crippen LogP contribution in [0.15, 0.2) is 30.5 Å². The Kier molecular flexibility index (Phi) is 10.1. The van der Waals surface area contributed by atoms with Crippen molar-refractivity contribution in [1.82, 2.24) is 15.0 Å². The molecule has 1 aromatic heterocycles. The third kappa shape index (κ3) is 7.44. The number of unbranched alkanes of at least 4 members (excludes halogenated alkanes) is 1. The second-order valence-electron chi connectivity index (χ2n) is 9.52. The number of nitrogens with one attached hydrogen (secondary N) is 2. The van der Waals surface area contributed by atoms with Crippen LogP contribution in [0.5, 0.6) is 0 Å². The fourth-order valence-electron chi connectivity index (χ4n) is 4.30. The maximum atomic E-state index is 11.9. The lowest BCUT2D eigenvalue weighted by Crippen LogP contribution is -2.57. The van der Waals surface area contributed by atoms with Gasteiger partial charge in [0.1, 0.15) is 18.8 Å². The molecule has 5 atom stereocenters. The Bertz CT molecular complexity index is 999. The van der Waals surface area contributed by atoms with Crippen molar-refractivity contribution in [2.75, 3.05) is 25.6 Å². The number of aromatic nitrogens is 3. The van der Waals surface area contributed by atoms with Crippen molar-refractivity contribution in [3.63, 3.8) is 0 Å². The predicted molar refractivity (Wildman–Crippen MR) is 138 cm³/mol. The zero-order valence-electron chi connectivity index (χ0n) is 21.6. The van der Waals surface area contributed by atoms with Crippen molar-refractivity contribution >= 4 is 30.4 Å². The summed E-state index contributed by atoms with van der Waals surface area (Å²) in [5.74, 6) is -0.410. The highest BCUT2D eigenvalue weighted by molar-refractivity contribution is 7.78. The molecule has 10 nitrogen and oxygen atoms in total. The summed E-state index contributed by atoms with van der Waals surface area (Å²) in [5.41, 5.74) is 2.91. The molecule has 0 spiro atoms. The van der Waals surface area contributed by atoms with Gasteiger partial charge in [0.25, 0.3) is 0 Å². The zero-order chi connectivity index (χ0) is 26.2. The van der Waals surface area contributed by atoms with Gasteiger partial charge in [-0.05, 0) is 37.1 Å². The first-order valence-electron chi connectivity index (χ1n) is 12.3. The fraction of sp³-hybridized carbons (Fsp3) is 0.600. The number of esters is 1. The van der Waals surface area contributed by atoms with Crippen LogP contribution in [-0.2, 0) is 30.3 Å². The van der Waals surface area contributed by atoms with E-state index in [1.54, 1.807) is 0 Å². The lowest BCUT2D eigenvalue weighted by atomic mass is 9.84. The number of thiol groups is 1. The Morgan fingerprint density at radius 2 is 1.92 bits per heavy atom. The van der Waals surface area contributed by atoms with Gasteiger partial charge in [0.2, 0.25) is 11.6 Å². The first kappa shape index (κ1) is 27.9. The Labute approximate surface area is 218 Å². The van der Waals surface area contributed by atoms with Crippen LogP contribution in [0, 0.1) is 11.8 Å². The second-order valence-corrected chi connectivity index (χ2v) is 9.74. The minimum atomic E-state index is -0.447. The van der Waals surface area contributed by atoms with Crippen molar-refractivity contribution in [2.45, 2.75) is 65.1 Å². The zero-order valence-corrected chi connectivity index (χ0v) is 22.5. The molecule has 11 heteroatoms.